The number of hydrogen-bond acceptors (Lipinski definition) is 2. The quantitative estimate of drug-likeness (QED) is 0.202. The molecule has 0 aliphatic rings. The molecule has 2 heteroatoms. The van der Waals surface area contributed by atoms with Gasteiger partial charge in [0.05, 0.1) is 16.6 Å². The molecule has 0 saturated heterocycles. The van der Waals surface area contributed by atoms with Crippen LogP contribution in [0.5, 0.6) is 0 Å². The summed E-state index contributed by atoms with van der Waals surface area (Å²) in [6.07, 6.45) is 1.86. The maximum atomic E-state index is 5.08. The van der Waals surface area contributed by atoms with Crippen LogP contribution in [0.15, 0.2) is 121 Å². The van der Waals surface area contributed by atoms with Crippen molar-refractivity contribution in [2.75, 3.05) is 0 Å². The molecule has 0 aliphatic heterocycles. The molecule has 5 aromatic carbocycles. The number of benzene rings is 5. The van der Waals surface area contributed by atoms with E-state index in [4.69, 9.17) is 4.98 Å². The first kappa shape index (κ1) is 19.0. The Kier molecular flexibility index (Phi) is 4.18. The van der Waals surface area contributed by atoms with Gasteiger partial charge in [0.1, 0.15) is 0 Å². The van der Waals surface area contributed by atoms with E-state index in [0.29, 0.717) is 0 Å². The fourth-order valence-electron chi connectivity index (χ4n) is 5.09. The Balaban J connectivity index is 1.48. The minimum absolute atomic E-state index is 1.02. The monoisotopic (exact) mass is 432 g/mol. The zero-order chi connectivity index (χ0) is 22.5. The Hall–Kier alpha value is -4.56. The first-order valence-electron chi connectivity index (χ1n) is 11.5. The van der Waals surface area contributed by atoms with Crippen LogP contribution in [0.25, 0.3) is 65.7 Å². The fraction of sp³-hybridized carbons (Fsp3) is 0. The third kappa shape index (κ3) is 2.89. The van der Waals surface area contributed by atoms with Crippen LogP contribution >= 0.6 is 0 Å². The minimum atomic E-state index is 1.02. The standard InChI is InChI=1S/C32H20N2/c1-2-10-26-21(7-1)18-19-28-30(27-11-3-4-13-29(27)34-32(26)28)23-16-14-22(15-17-23)25-12-5-8-24-9-6-20-33-31(24)25/h1-20H. The molecule has 0 atom stereocenters. The van der Waals surface area contributed by atoms with Crippen molar-refractivity contribution in [1.82, 2.24) is 9.97 Å². The van der Waals surface area contributed by atoms with Gasteiger partial charge in [-0.15, -0.1) is 0 Å². The lowest BCUT2D eigenvalue weighted by Crippen LogP contribution is -1.91. The lowest BCUT2D eigenvalue weighted by atomic mass is 9.92. The van der Waals surface area contributed by atoms with E-state index in [-0.39, 0.29) is 0 Å². The number of fused-ring (bicyclic) bond motifs is 5. The van der Waals surface area contributed by atoms with Crippen molar-refractivity contribution in [3.05, 3.63) is 121 Å². The number of aromatic nitrogens is 2. The molecule has 0 saturated carbocycles. The van der Waals surface area contributed by atoms with Gasteiger partial charge in [-0.05, 0) is 28.6 Å². The van der Waals surface area contributed by atoms with E-state index in [2.05, 4.69) is 114 Å². The normalized spacial score (nSPS) is 11.5. The highest BCUT2D eigenvalue weighted by Gasteiger charge is 2.14. The topological polar surface area (TPSA) is 25.8 Å². The van der Waals surface area contributed by atoms with E-state index in [9.17, 15) is 0 Å². The summed E-state index contributed by atoms with van der Waals surface area (Å²) in [5, 5.41) is 5.90. The molecular formula is C32H20N2. The second-order valence-electron chi connectivity index (χ2n) is 8.64. The van der Waals surface area contributed by atoms with Gasteiger partial charge < -0.3 is 0 Å². The second kappa shape index (κ2) is 7.50. The molecule has 7 aromatic rings. The van der Waals surface area contributed by atoms with Crippen molar-refractivity contribution in [3.8, 4) is 22.3 Å². The van der Waals surface area contributed by atoms with Crippen LogP contribution < -0.4 is 0 Å². The molecule has 2 nitrogen and oxygen atoms in total. The Morgan fingerprint density at radius 2 is 1.18 bits per heavy atom. The summed E-state index contributed by atoms with van der Waals surface area (Å²) in [5.74, 6) is 0. The van der Waals surface area contributed by atoms with E-state index < -0.39 is 0 Å². The zero-order valence-corrected chi connectivity index (χ0v) is 18.4. The number of nitrogens with zero attached hydrogens (tertiary/aromatic N) is 2. The van der Waals surface area contributed by atoms with Crippen molar-refractivity contribution in [2.45, 2.75) is 0 Å². The lowest BCUT2D eigenvalue weighted by molar-refractivity contribution is 1.41. The summed E-state index contributed by atoms with van der Waals surface area (Å²) < 4.78 is 0. The predicted molar refractivity (Wildman–Crippen MR) is 143 cm³/mol. The van der Waals surface area contributed by atoms with Crippen LogP contribution in [-0.4, -0.2) is 9.97 Å². The summed E-state index contributed by atoms with van der Waals surface area (Å²) in [6, 6.07) is 40.7. The Labute approximate surface area is 197 Å². The van der Waals surface area contributed by atoms with Gasteiger partial charge >= 0.3 is 0 Å². The van der Waals surface area contributed by atoms with Gasteiger partial charge in [-0.1, -0.05) is 103 Å². The van der Waals surface area contributed by atoms with Crippen LogP contribution in [0, 0.1) is 0 Å². The third-order valence-corrected chi connectivity index (χ3v) is 6.69. The molecule has 0 amide bonds. The molecule has 0 spiro atoms. The minimum Gasteiger partial charge on any atom is -0.256 e. The SMILES string of the molecule is c1cnc2c(-c3ccc(-c4c5ccccc5nc5c4ccc4ccccc45)cc3)cccc2c1. The summed E-state index contributed by atoms with van der Waals surface area (Å²) in [6.45, 7) is 0. The van der Waals surface area contributed by atoms with Crippen molar-refractivity contribution in [2.24, 2.45) is 0 Å². The average Bonchev–Trinajstić information content (AvgIpc) is 2.91. The summed E-state index contributed by atoms with van der Waals surface area (Å²) in [7, 11) is 0. The number of para-hydroxylation sites is 2. The molecule has 0 aliphatic carbocycles. The molecular weight excluding hydrogens is 412 g/mol. The van der Waals surface area contributed by atoms with Crippen LogP contribution in [0.1, 0.15) is 0 Å². The van der Waals surface area contributed by atoms with Crippen molar-refractivity contribution >= 4 is 43.5 Å². The van der Waals surface area contributed by atoms with E-state index in [1.807, 2.05) is 12.3 Å². The molecule has 7 rings (SSSR count). The Morgan fingerprint density at radius 1 is 0.441 bits per heavy atom. The van der Waals surface area contributed by atoms with Gasteiger partial charge in [0.2, 0.25) is 0 Å². The van der Waals surface area contributed by atoms with E-state index in [1.165, 1.54) is 38.2 Å². The highest BCUT2D eigenvalue weighted by Crippen LogP contribution is 2.38. The number of pyridine rings is 2. The number of rotatable bonds is 2. The smallest absolute Gasteiger partial charge is 0.0794 e. The van der Waals surface area contributed by atoms with Gasteiger partial charge in [-0.2, -0.15) is 0 Å². The molecule has 0 N–H and O–H groups in total. The van der Waals surface area contributed by atoms with Crippen LogP contribution in [0.2, 0.25) is 0 Å². The molecule has 2 aromatic heterocycles. The molecule has 158 valence electrons. The molecule has 34 heavy (non-hydrogen) atoms. The number of hydrogen-bond donors (Lipinski definition) is 0. The highest BCUT2D eigenvalue weighted by molar-refractivity contribution is 6.16. The van der Waals surface area contributed by atoms with Crippen molar-refractivity contribution in [3.63, 3.8) is 0 Å². The van der Waals surface area contributed by atoms with Gasteiger partial charge in [0, 0.05) is 38.9 Å². The zero-order valence-electron chi connectivity index (χ0n) is 18.4. The van der Waals surface area contributed by atoms with Gasteiger partial charge in [0.15, 0.2) is 0 Å². The van der Waals surface area contributed by atoms with Gasteiger partial charge in [-0.25, -0.2) is 4.98 Å². The molecule has 0 unspecified atom stereocenters. The fourth-order valence-corrected chi connectivity index (χ4v) is 5.09. The van der Waals surface area contributed by atoms with Crippen molar-refractivity contribution < 1.29 is 0 Å². The predicted octanol–water partition coefficient (Wildman–Crippen LogP) is 8.42. The Morgan fingerprint density at radius 3 is 2.09 bits per heavy atom. The lowest BCUT2D eigenvalue weighted by Gasteiger charge is -2.14. The maximum Gasteiger partial charge on any atom is 0.0794 e. The molecule has 0 fully saturated rings. The second-order valence-corrected chi connectivity index (χ2v) is 8.64. The maximum absolute atomic E-state index is 5.08. The van der Waals surface area contributed by atoms with Crippen molar-refractivity contribution in [1.29, 1.82) is 0 Å². The molecule has 0 bridgehead atoms. The first-order chi connectivity index (χ1) is 16.9. The summed E-state index contributed by atoms with van der Waals surface area (Å²) in [4.78, 5) is 9.72. The third-order valence-electron chi connectivity index (χ3n) is 6.69. The molecule has 2 heterocycles. The van der Waals surface area contributed by atoms with Crippen LogP contribution in [0.4, 0.5) is 0 Å². The van der Waals surface area contributed by atoms with E-state index >= 15 is 0 Å². The highest BCUT2D eigenvalue weighted by atomic mass is 14.7. The summed E-state index contributed by atoms with van der Waals surface area (Å²) >= 11 is 0. The van der Waals surface area contributed by atoms with Gasteiger partial charge in [0.25, 0.3) is 0 Å². The first-order valence-corrected chi connectivity index (χ1v) is 11.5. The van der Waals surface area contributed by atoms with Gasteiger partial charge in [-0.3, -0.25) is 4.98 Å². The van der Waals surface area contributed by atoms with Crippen LogP contribution in [-0.2, 0) is 0 Å². The summed E-state index contributed by atoms with van der Waals surface area (Å²) in [5.41, 5.74) is 7.84. The van der Waals surface area contributed by atoms with E-state index in [0.717, 1.165) is 27.5 Å². The van der Waals surface area contributed by atoms with E-state index in [1.54, 1.807) is 0 Å². The molecule has 0 radical (unpaired) electrons. The largest absolute Gasteiger partial charge is 0.256 e. The van der Waals surface area contributed by atoms with Crippen LogP contribution in [0.3, 0.4) is 0 Å². The average molecular weight is 433 g/mol. The Bertz CT molecular complexity index is 1840.